The topological polar surface area (TPSA) is 65.0 Å². The van der Waals surface area contributed by atoms with Crippen molar-refractivity contribution in [2.24, 2.45) is 10.9 Å². The molecule has 0 bridgehead atoms. The summed E-state index contributed by atoms with van der Waals surface area (Å²) in [4.78, 5) is 30.6. The average Bonchev–Trinajstić information content (AvgIpc) is 2.79. The van der Waals surface area contributed by atoms with Crippen molar-refractivity contribution in [3.8, 4) is 5.75 Å². The molecular weight excluding hydrogens is 416 g/mol. The second kappa shape index (κ2) is 9.02. The van der Waals surface area contributed by atoms with Crippen LogP contribution in [-0.2, 0) is 20.9 Å². The zero-order chi connectivity index (χ0) is 22.8. The summed E-state index contributed by atoms with van der Waals surface area (Å²) < 4.78 is 38.4. The van der Waals surface area contributed by atoms with Gasteiger partial charge in [0, 0.05) is 29.3 Å². The first-order valence-electron chi connectivity index (χ1n) is 10.4. The van der Waals surface area contributed by atoms with Crippen molar-refractivity contribution in [1.82, 2.24) is 0 Å². The van der Waals surface area contributed by atoms with Gasteiger partial charge in [0.05, 0.1) is 7.11 Å². The third kappa shape index (κ3) is 4.20. The van der Waals surface area contributed by atoms with Crippen LogP contribution in [0.3, 0.4) is 0 Å². The van der Waals surface area contributed by atoms with Crippen LogP contribution in [0.25, 0.3) is 0 Å². The van der Waals surface area contributed by atoms with Crippen molar-refractivity contribution in [2.75, 3.05) is 7.11 Å². The predicted molar refractivity (Wildman–Crippen MR) is 114 cm³/mol. The van der Waals surface area contributed by atoms with Gasteiger partial charge in [-0.1, -0.05) is 18.2 Å². The molecule has 1 heterocycles. The van der Waals surface area contributed by atoms with Crippen LogP contribution in [0.1, 0.15) is 43.2 Å². The van der Waals surface area contributed by atoms with E-state index in [2.05, 4.69) is 4.99 Å². The van der Waals surface area contributed by atoms with E-state index >= 15 is 0 Å². The van der Waals surface area contributed by atoms with Crippen molar-refractivity contribution in [2.45, 2.75) is 38.7 Å². The normalized spacial score (nSPS) is 20.5. The number of esters is 1. The first-order valence-corrected chi connectivity index (χ1v) is 10.4. The van der Waals surface area contributed by atoms with Crippen LogP contribution in [0.5, 0.6) is 5.75 Å². The van der Waals surface area contributed by atoms with Gasteiger partial charge in [0.15, 0.2) is 17.4 Å². The number of halogens is 2. The summed E-state index contributed by atoms with van der Waals surface area (Å²) in [7, 11) is 1.56. The van der Waals surface area contributed by atoms with Crippen LogP contribution >= 0.6 is 0 Å². The fraction of sp³-hybridized carbons (Fsp3) is 0.320. The minimum atomic E-state index is -1.03. The number of hydrogen-bond donors (Lipinski definition) is 0. The van der Waals surface area contributed by atoms with Crippen molar-refractivity contribution in [1.29, 1.82) is 0 Å². The van der Waals surface area contributed by atoms with Crippen molar-refractivity contribution in [3.05, 3.63) is 76.5 Å². The van der Waals surface area contributed by atoms with Gasteiger partial charge in [0.1, 0.15) is 18.3 Å². The number of ketones is 1. The van der Waals surface area contributed by atoms with E-state index in [0.29, 0.717) is 47.6 Å². The largest absolute Gasteiger partial charge is 0.497 e. The van der Waals surface area contributed by atoms with Gasteiger partial charge in [-0.25, -0.2) is 8.78 Å². The second-order valence-corrected chi connectivity index (χ2v) is 7.97. The lowest BCUT2D eigenvalue weighted by Crippen LogP contribution is -2.37. The zero-order valence-corrected chi connectivity index (χ0v) is 17.9. The Balaban J connectivity index is 1.67. The molecule has 2 aromatic carbocycles. The standard InChI is InChI=1S/C25H23F2NO4/c1-14-22(25(30)32-13-15-6-9-17(31-2)10-7-15)23(16-8-11-18(26)19(27)12-16)24-20(28-14)4-3-5-21(24)29/h6-12,22-23H,3-5,13H2,1-2H3/t22?,23-/m1/s1. The van der Waals surface area contributed by atoms with E-state index in [9.17, 15) is 18.4 Å². The molecule has 0 N–H and O–H groups in total. The van der Waals surface area contributed by atoms with E-state index in [1.165, 1.54) is 6.07 Å². The molecule has 32 heavy (non-hydrogen) atoms. The molecule has 0 spiro atoms. The summed E-state index contributed by atoms with van der Waals surface area (Å²) in [6.07, 6.45) is 1.61. The number of Topliss-reactive ketones (excluding diaryl/α,β-unsaturated/α-hetero) is 1. The monoisotopic (exact) mass is 439 g/mol. The summed E-state index contributed by atoms with van der Waals surface area (Å²) in [6.45, 7) is 1.73. The number of methoxy groups -OCH3 is 1. The number of allylic oxidation sites excluding steroid dienone is 2. The maximum absolute atomic E-state index is 14.1. The second-order valence-electron chi connectivity index (χ2n) is 7.97. The Morgan fingerprint density at radius 2 is 1.84 bits per heavy atom. The first-order chi connectivity index (χ1) is 15.4. The van der Waals surface area contributed by atoms with Crippen molar-refractivity contribution >= 4 is 17.5 Å². The smallest absolute Gasteiger partial charge is 0.315 e. The van der Waals surface area contributed by atoms with Crippen LogP contribution in [0.4, 0.5) is 8.78 Å². The van der Waals surface area contributed by atoms with Gasteiger partial charge in [0.25, 0.3) is 0 Å². The number of ether oxygens (including phenoxy) is 2. The molecule has 2 aromatic rings. The Hall–Kier alpha value is -3.35. The Morgan fingerprint density at radius 1 is 1.09 bits per heavy atom. The molecule has 2 atom stereocenters. The van der Waals surface area contributed by atoms with E-state index in [1.54, 1.807) is 38.3 Å². The lowest BCUT2D eigenvalue weighted by atomic mass is 9.72. The van der Waals surface area contributed by atoms with E-state index in [0.717, 1.165) is 17.7 Å². The van der Waals surface area contributed by atoms with Crippen LogP contribution in [-0.4, -0.2) is 24.6 Å². The Kier molecular flexibility index (Phi) is 6.17. The molecule has 5 nitrogen and oxygen atoms in total. The van der Waals surface area contributed by atoms with Gasteiger partial charge in [-0.05, 0) is 55.2 Å². The third-order valence-corrected chi connectivity index (χ3v) is 5.93. The SMILES string of the molecule is COc1ccc(COC(=O)C2C(C)=NC3=C(C(=O)CCC3)[C@@H]2c2ccc(F)c(F)c2)cc1. The van der Waals surface area contributed by atoms with Crippen LogP contribution < -0.4 is 4.74 Å². The maximum atomic E-state index is 14.1. The molecule has 0 radical (unpaired) electrons. The van der Waals surface area contributed by atoms with Crippen molar-refractivity contribution in [3.63, 3.8) is 0 Å². The molecule has 0 aromatic heterocycles. The summed E-state index contributed by atoms with van der Waals surface area (Å²) in [6, 6.07) is 10.6. The summed E-state index contributed by atoms with van der Waals surface area (Å²) in [5.41, 5.74) is 2.63. The van der Waals surface area contributed by atoms with Crippen LogP contribution in [0.15, 0.2) is 58.7 Å². The van der Waals surface area contributed by atoms with Gasteiger partial charge in [-0.3, -0.25) is 14.6 Å². The van der Waals surface area contributed by atoms with E-state index in [4.69, 9.17) is 9.47 Å². The van der Waals surface area contributed by atoms with Gasteiger partial charge >= 0.3 is 5.97 Å². The van der Waals surface area contributed by atoms with Crippen LogP contribution in [0, 0.1) is 17.6 Å². The van der Waals surface area contributed by atoms with Gasteiger partial charge in [-0.15, -0.1) is 0 Å². The summed E-state index contributed by atoms with van der Waals surface area (Å²) in [5, 5.41) is 0. The number of aliphatic imine (C=N–C) groups is 1. The number of hydrogen-bond acceptors (Lipinski definition) is 5. The number of rotatable bonds is 5. The Labute approximate surface area is 184 Å². The molecule has 2 aliphatic rings. The fourth-order valence-electron chi connectivity index (χ4n) is 4.34. The number of benzene rings is 2. The highest BCUT2D eigenvalue weighted by molar-refractivity contribution is 6.08. The van der Waals surface area contributed by atoms with E-state index < -0.39 is 29.4 Å². The summed E-state index contributed by atoms with van der Waals surface area (Å²) >= 11 is 0. The highest BCUT2D eigenvalue weighted by Gasteiger charge is 2.43. The predicted octanol–water partition coefficient (Wildman–Crippen LogP) is 4.90. The highest BCUT2D eigenvalue weighted by Crippen LogP contribution is 2.43. The van der Waals surface area contributed by atoms with Gasteiger partial charge in [-0.2, -0.15) is 0 Å². The molecule has 0 saturated heterocycles. The summed E-state index contributed by atoms with van der Waals surface area (Å²) in [5.74, 6) is -3.69. The Bertz CT molecular complexity index is 1120. The molecule has 4 rings (SSSR count). The van der Waals surface area contributed by atoms with Gasteiger partial charge < -0.3 is 9.47 Å². The Morgan fingerprint density at radius 3 is 2.53 bits per heavy atom. The van der Waals surface area contributed by atoms with Gasteiger partial charge in [0.2, 0.25) is 0 Å². The minimum absolute atomic E-state index is 0.0248. The highest BCUT2D eigenvalue weighted by atomic mass is 19.2. The molecule has 0 amide bonds. The number of carbonyl (C=O) groups is 2. The molecule has 1 unspecified atom stereocenters. The third-order valence-electron chi connectivity index (χ3n) is 5.93. The number of carbonyl (C=O) groups excluding carboxylic acids is 2. The van der Waals surface area contributed by atoms with Crippen LogP contribution in [0.2, 0.25) is 0 Å². The minimum Gasteiger partial charge on any atom is -0.497 e. The average molecular weight is 439 g/mol. The number of nitrogens with zero attached hydrogens (tertiary/aromatic N) is 1. The fourth-order valence-corrected chi connectivity index (χ4v) is 4.34. The van der Waals surface area contributed by atoms with Crippen molar-refractivity contribution < 1.29 is 27.8 Å². The first kappa shape index (κ1) is 21.9. The molecule has 166 valence electrons. The van der Waals surface area contributed by atoms with E-state index in [1.807, 2.05) is 0 Å². The lowest BCUT2D eigenvalue weighted by molar-refractivity contribution is -0.148. The zero-order valence-electron chi connectivity index (χ0n) is 17.9. The quantitative estimate of drug-likeness (QED) is 0.622. The van der Waals surface area contributed by atoms with E-state index in [-0.39, 0.29) is 12.4 Å². The molecule has 0 saturated carbocycles. The lowest BCUT2D eigenvalue weighted by Gasteiger charge is -2.34. The molecule has 0 fully saturated rings. The molecule has 7 heteroatoms. The molecular formula is C25H23F2NO4. The molecule has 1 aliphatic heterocycles. The maximum Gasteiger partial charge on any atom is 0.315 e. The molecule has 1 aliphatic carbocycles.